The van der Waals surface area contributed by atoms with Crippen LogP contribution >= 0.6 is 0 Å². The predicted octanol–water partition coefficient (Wildman–Crippen LogP) is 4.45. The number of aliphatic hydroxyl groups is 3. The summed E-state index contributed by atoms with van der Waals surface area (Å²) < 4.78 is 30.6. The number of aromatic nitrogens is 1. The first-order valence-corrected chi connectivity index (χ1v) is 21.2. The van der Waals surface area contributed by atoms with Crippen molar-refractivity contribution in [2.24, 2.45) is 23.7 Å². The summed E-state index contributed by atoms with van der Waals surface area (Å²) in [5, 5.41) is 49.2. The second-order valence-electron chi connectivity index (χ2n) is 17.5. The van der Waals surface area contributed by atoms with Gasteiger partial charge in [-0.25, -0.2) is 4.98 Å². The number of hydrogen-bond acceptors (Lipinski definition) is 16. The lowest BCUT2D eigenvalue weighted by Crippen LogP contribution is -2.46. The molecule has 64 heavy (non-hydrogen) atoms. The predicted molar refractivity (Wildman–Crippen MR) is 242 cm³/mol. The van der Waals surface area contributed by atoms with Crippen molar-refractivity contribution in [2.75, 3.05) is 49.4 Å². The molecule has 7 rings (SSSR count). The fourth-order valence-electron chi connectivity index (χ4n) is 9.11. The molecule has 342 valence electrons. The zero-order valence-corrected chi connectivity index (χ0v) is 37.8. The normalized spacial score (nSPS) is 29.9. The summed E-state index contributed by atoms with van der Waals surface area (Å²) in [5.74, 6) is -6.95. The Bertz CT molecular complexity index is 2850. The first-order chi connectivity index (χ1) is 30.1. The van der Waals surface area contributed by atoms with Crippen molar-refractivity contribution in [3.8, 4) is 11.5 Å². The number of likely N-dealkylation sites (N-methyl/N-ethyl adjacent to an activating group) is 2. The van der Waals surface area contributed by atoms with Crippen LogP contribution in [0.25, 0.3) is 38.7 Å². The van der Waals surface area contributed by atoms with E-state index in [4.69, 9.17) is 28.3 Å². The number of amides is 1. The Balaban J connectivity index is 1.53. The lowest BCUT2D eigenvalue weighted by atomic mass is 9.78. The molecule has 9 atom stereocenters. The number of rotatable bonds is 2. The van der Waals surface area contributed by atoms with Crippen molar-refractivity contribution < 1.29 is 53.4 Å². The molecule has 3 aliphatic rings. The van der Waals surface area contributed by atoms with Crippen molar-refractivity contribution in [2.45, 2.75) is 85.6 Å². The van der Waals surface area contributed by atoms with Crippen molar-refractivity contribution >= 4 is 67.7 Å². The number of anilines is 3. The van der Waals surface area contributed by atoms with Crippen LogP contribution in [-0.4, -0.2) is 102 Å². The SMILES string of the molecule is CO[C@H]1/C=C/O[C@@]2(C)Oc3c(C)c(O)c4c(=O)c(c5oc6c7c(cc(=O)c6nc5c4c3=C2O)N(C)CCN7C)NC(=O)/C(C)=C\C=C\[C@H](C)[C@H](O)[C@@H](C)[C@@H](O)[C@@H](C)[C@H](OC(C)=O)[C@@H]1C. The Kier molecular flexibility index (Phi) is 12.2. The van der Waals surface area contributed by atoms with E-state index < -0.39 is 88.1 Å². The maximum Gasteiger partial charge on any atom is 0.307 e. The van der Waals surface area contributed by atoms with E-state index in [1.54, 1.807) is 39.8 Å². The molecule has 4 aromatic rings. The minimum absolute atomic E-state index is 0.0524. The first-order valence-electron chi connectivity index (χ1n) is 21.2. The van der Waals surface area contributed by atoms with Crippen molar-refractivity contribution in [3.63, 3.8) is 0 Å². The molecule has 4 heterocycles. The third-order valence-corrected chi connectivity index (χ3v) is 13.1. The van der Waals surface area contributed by atoms with Crippen molar-refractivity contribution in [1.82, 2.24) is 4.98 Å². The molecule has 17 heteroatoms. The van der Waals surface area contributed by atoms with Crippen LogP contribution in [0.15, 0.2) is 56.2 Å². The number of aromatic hydroxyl groups is 1. The number of nitrogens with zero attached hydrogens (tertiary/aromatic N) is 3. The van der Waals surface area contributed by atoms with E-state index in [-0.39, 0.29) is 60.8 Å². The van der Waals surface area contributed by atoms with Gasteiger partial charge in [-0.15, -0.1) is 0 Å². The molecule has 5 N–H and O–H groups in total. The standard InChI is InChI=1S/C47H56N4O13/c1-20-13-12-14-21(2)46(59)49-35-40(57)31-30(34-43(35)63-44-33(48-34)28(53)19-27-36(44)51(10)17-16-50(27)9)32-42(25(6)39(31)56)64-47(8,45(32)58)61-18-15-29(60-11)22(3)41(62-26(7)52)24(5)38(55)23(4)37(20)54/h12-15,18-20,22-24,29,37-38,41,54-56,58H,16-17H2,1-11H3,(H,49,59)/b13-12+,18-15+,21-14-/t20-,22+,23+,24+,29-,37-,38+,41+,47-/m0/s1. The Morgan fingerprint density at radius 2 is 1.62 bits per heavy atom. The number of esters is 1. The number of hydrogen-bond donors (Lipinski definition) is 5. The highest BCUT2D eigenvalue weighted by Crippen LogP contribution is 2.44. The fraction of sp³-hybridized carbons (Fsp3) is 0.468. The number of methoxy groups -OCH3 is 1. The zero-order chi connectivity index (χ0) is 46.8. The summed E-state index contributed by atoms with van der Waals surface area (Å²) in [5.41, 5.74) is -0.899. The molecular weight excluding hydrogens is 829 g/mol. The Morgan fingerprint density at radius 3 is 2.30 bits per heavy atom. The van der Waals surface area contributed by atoms with Crippen molar-refractivity contribution in [3.05, 3.63) is 73.4 Å². The molecule has 0 saturated heterocycles. The highest BCUT2D eigenvalue weighted by Gasteiger charge is 2.44. The minimum atomic E-state index is -1.98. The van der Waals surface area contributed by atoms with Gasteiger partial charge in [0.2, 0.25) is 10.9 Å². The number of carbonyl (C=O) groups excluding carboxylic acids is 2. The summed E-state index contributed by atoms with van der Waals surface area (Å²) in [7, 11) is 5.11. The van der Waals surface area contributed by atoms with Gasteiger partial charge in [0.1, 0.15) is 34.5 Å². The van der Waals surface area contributed by atoms with E-state index in [0.29, 0.717) is 24.5 Å². The quantitative estimate of drug-likeness (QED) is 0.106. The topological polar surface area (TPSA) is 231 Å². The van der Waals surface area contributed by atoms with Gasteiger partial charge in [0.25, 0.3) is 5.91 Å². The average Bonchev–Trinajstić information content (AvgIpc) is 3.52. The van der Waals surface area contributed by atoms with Gasteiger partial charge in [0.05, 0.1) is 40.9 Å². The molecule has 0 unspecified atom stereocenters. The number of fused-ring (bicyclic) bond motifs is 4. The van der Waals surface area contributed by atoms with E-state index in [2.05, 4.69) is 5.32 Å². The average molecular weight is 885 g/mol. The number of phenols is 1. The highest BCUT2D eigenvalue weighted by molar-refractivity contribution is 6.17. The van der Waals surface area contributed by atoms with Crippen LogP contribution in [0.2, 0.25) is 0 Å². The number of aliphatic hydroxyl groups excluding tert-OH is 3. The number of nitrogens with one attached hydrogen (secondary N) is 1. The van der Waals surface area contributed by atoms with Gasteiger partial charge in [-0.1, -0.05) is 45.9 Å². The van der Waals surface area contributed by atoms with E-state index in [9.17, 15) is 39.6 Å². The molecule has 4 bridgehead atoms. The molecule has 0 radical (unpaired) electrons. The largest absolute Gasteiger partial charge is 0.507 e. The Labute approximate surface area is 368 Å². The summed E-state index contributed by atoms with van der Waals surface area (Å²) in [6, 6.07) is 1.45. The molecule has 17 nitrogen and oxygen atoms in total. The van der Waals surface area contributed by atoms with E-state index in [1.807, 2.05) is 23.9 Å². The maximum absolute atomic E-state index is 14.9. The summed E-state index contributed by atoms with van der Waals surface area (Å²) in [4.78, 5) is 63.8. The molecule has 0 aliphatic carbocycles. The van der Waals surface area contributed by atoms with E-state index in [1.165, 1.54) is 59.3 Å². The van der Waals surface area contributed by atoms with Gasteiger partial charge < -0.3 is 58.9 Å². The third-order valence-electron chi connectivity index (χ3n) is 13.1. The lowest BCUT2D eigenvalue weighted by Gasteiger charge is -2.38. The molecule has 3 aliphatic heterocycles. The number of phenolic OH excluding ortho intramolecular Hbond substituents is 1. The molecule has 3 aromatic carbocycles. The van der Waals surface area contributed by atoms with Crippen LogP contribution in [0.4, 0.5) is 17.1 Å². The van der Waals surface area contributed by atoms with E-state index in [0.717, 1.165) is 0 Å². The van der Waals surface area contributed by atoms with Crippen LogP contribution in [0.5, 0.6) is 11.5 Å². The van der Waals surface area contributed by atoms with Crippen LogP contribution < -0.4 is 35.9 Å². The summed E-state index contributed by atoms with van der Waals surface area (Å²) in [6.45, 7) is 13.8. The minimum Gasteiger partial charge on any atom is -0.507 e. The molecule has 1 amide bonds. The second kappa shape index (κ2) is 17.1. The second-order valence-corrected chi connectivity index (χ2v) is 17.5. The maximum atomic E-state index is 14.9. The fourth-order valence-corrected chi connectivity index (χ4v) is 9.11. The Morgan fingerprint density at radius 1 is 0.938 bits per heavy atom. The highest BCUT2D eigenvalue weighted by atomic mass is 16.7. The van der Waals surface area contributed by atoms with Crippen LogP contribution in [0.1, 0.15) is 54.0 Å². The summed E-state index contributed by atoms with van der Waals surface area (Å²) >= 11 is 0. The molecular formula is C47H56N4O13. The van der Waals surface area contributed by atoms with Crippen LogP contribution in [-0.2, 0) is 23.8 Å². The monoisotopic (exact) mass is 884 g/mol. The van der Waals surface area contributed by atoms with Gasteiger partial charge in [-0.05, 0) is 19.9 Å². The van der Waals surface area contributed by atoms with Gasteiger partial charge in [-0.2, -0.15) is 0 Å². The van der Waals surface area contributed by atoms with Crippen LogP contribution in [0.3, 0.4) is 0 Å². The van der Waals surface area contributed by atoms with Crippen LogP contribution in [0, 0.1) is 30.6 Å². The van der Waals surface area contributed by atoms with Gasteiger partial charge >= 0.3 is 11.8 Å². The zero-order valence-electron chi connectivity index (χ0n) is 37.8. The smallest absolute Gasteiger partial charge is 0.307 e. The van der Waals surface area contributed by atoms with Gasteiger partial charge in [-0.3, -0.25) is 19.2 Å². The molecule has 0 saturated carbocycles. The Hall–Kier alpha value is -6.17. The number of benzene rings is 3. The number of carbonyl (C=O) groups is 2. The third kappa shape index (κ3) is 7.58. The van der Waals surface area contributed by atoms with Gasteiger partial charge in [0.15, 0.2) is 22.4 Å². The van der Waals surface area contributed by atoms with Gasteiger partial charge in [0, 0.05) is 94.4 Å². The molecule has 0 fully saturated rings. The molecule has 1 aromatic heterocycles. The van der Waals surface area contributed by atoms with E-state index >= 15 is 0 Å². The number of allylic oxidation sites excluding steroid dienone is 2. The molecule has 0 spiro atoms. The first kappa shape index (κ1) is 45.8. The number of ether oxygens (including phenoxy) is 4. The summed E-state index contributed by atoms with van der Waals surface area (Å²) in [6.07, 6.45) is 3.54. The lowest BCUT2D eigenvalue weighted by molar-refractivity contribution is -0.160. The van der Waals surface area contributed by atoms with Crippen molar-refractivity contribution in [1.29, 1.82) is 0 Å².